The molecule has 1 atom stereocenters. The second-order valence-electron chi connectivity index (χ2n) is 4.24. The summed E-state index contributed by atoms with van der Waals surface area (Å²) in [6, 6.07) is 2.89. The number of alkyl halides is 1. The van der Waals surface area contributed by atoms with Crippen LogP contribution in [0.3, 0.4) is 0 Å². The molecular weight excluding hydrogens is 240 g/mol. The van der Waals surface area contributed by atoms with E-state index in [0.717, 1.165) is 0 Å². The number of aromatic nitrogens is 1. The molecule has 5 heteroatoms. The average molecular weight is 257 g/mol. The Bertz CT molecular complexity index is 429. The van der Waals surface area contributed by atoms with Gasteiger partial charge in [-0.3, -0.25) is 9.59 Å². The van der Waals surface area contributed by atoms with Crippen molar-refractivity contribution in [3.8, 4) is 0 Å². The third kappa shape index (κ3) is 4.23. The zero-order chi connectivity index (χ0) is 12.8. The van der Waals surface area contributed by atoms with Crippen molar-refractivity contribution in [1.29, 1.82) is 0 Å². The lowest BCUT2D eigenvalue weighted by atomic mass is 10.0. The van der Waals surface area contributed by atoms with Gasteiger partial charge in [-0.15, -0.1) is 11.6 Å². The van der Waals surface area contributed by atoms with E-state index >= 15 is 0 Å². The van der Waals surface area contributed by atoms with Crippen LogP contribution in [-0.4, -0.2) is 22.8 Å². The molecular formula is C12H17ClN2O2. The molecule has 0 spiro atoms. The minimum Gasteiger partial charge on any atom is -0.349 e. The summed E-state index contributed by atoms with van der Waals surface area (Å²) in [6.07, 6.45) is 2.18. The fraction of sp³-hybridized carbons (Fsp3) is 0.500. The summed E-state index contributed by atoms with van der Waals surface area (Å²) in [7, 11) is 0. The van der Waals surface area contributed by atoms with Crippen molar-refractivity contribution in [3.05, 3.63) is 34.2 Å². The molecule has 0 fully saturated rings. The summed E-state index contributed by atoms with van der Waals surface area (Å²) in [4.78, 5) is 25.4. The normalized spacial score (nSPS) is 12.5. The Kier molecular flexibility index (Phi) is 5.22. The Morgan fingerprint density at radius 3 is 2.76 bits per heavy atom. The predicted molar refractivity (Wildman–Crippen MR) is 68.5 cm³/mol. The molecule has 1 heterocycles. The maximum Gasteiger partial charge on any atom is 0.251 e. The highest BCUT2D eigenvalue weighted by Crippen LogP contribution is 2.08. The Morgan fingerprint density at radius 2 is 2.24 bits per heavy atom. The molecule has 1 unspecified atom stereocenters. The first kappa shape index (κ1) is 13.8. The monoisotopic (exact) mass is 256 g/mol. The Hall–Kier alpha value is -1.29. The number of carbonyl (C=O) groups is 1. The van der Waals surface area contributed by atoms with Gasteiger partial charge in [-0.2, -0.15) is 0 Å². The summed E-state index contributed by atoms with van der Waals surface area (Å²) < 4.78 is 0. The average Bonchev–Trinajstić information content (AvgIpc) is 2.28. The zero-order valence-electron chi connectivity index (χ0n) is 10.00. The van der Waals surface area contributed by atoms with Gasteiger partial charge in [-0.25, -0.2) is 0 Å². The number of amides is 1. The lowest BCUT2D eigenvalue weighted by Gasteiger charge is -2.21. The van der Waals surface area contributed by atoms with Gasteiger partial charge in [0.2, 0.25) is 5.56 Å². The first-order chi connectivity index (χ1) is 8.04. The Labute approximate surface area is 105 Å². The van der Waals surface area contributed by atoms with Crippen molar-refractivity contribution in [3.63, 3.8) is 0 Å². The summed E-state index contributed by atoms with van der Waals surface area (Å²) in [5.74, 6) is 0.568. The zero-order valence-corrected chi connectivity index (χ0v) is 10.8. The second kappa shape index (κ2) is 6.45. The molecule has 1 aromatic heterocycles. The van der Waals surface area contributed by atoms with Gasteiger partial charge in [-0.05, 0) is 18.4 Å². The number of hydrogen-bond donors (Lipinski definition) is 2. The number of carbonyl (C=O) groups excluding carboxylic acids is 1. The topological polar surface area (TPSA) is 62.0 Å². The van der Waals surface area contributed by atoms with Gasteiger partial charge in [0.25, 0.3) is 5.91 Å². The largest absolute Gasteiger partial charge is 0.349 e. The van der Waals surface area contributed by atoms with Gasteiger partial charge in [0.05, 0.1) is 0 Å². The van der Waals surface area contributed by atoms with E-state index in [4.69, 9.17) is 11.6 Å². The van der Waals surface area contributed by atoms with Gasteiger partial charge in [-0.1, -0.05) is 13.8 Å². The number of pyridine rings is 1. The fourth-order valence-electron chi connectivity index (χ4n) is 1.53. The van der Waals surface area contributed by atoms with E-state index in [0.29, 0.717) is 23.8 Å². The first-order valence-electron chi connectivity index (χ1n) is 5.60. The van der Waals surface area contributed by atoms with Crippen LogP contribution in [0.1, 0.15) is 30.6 Å². The van der Waals surface area contributed by atoms with Crippen LogP contribution in [0.4, 0.5) is 0 Å². The maximum atomic E-state index is 11.9. The van der Waals surface area contributed by atoms with E-state index in [1.54, 1.807) is 6.07 Å². The number of nitrogens with one attached hydrogen (secondary N) is 2. The van der Waals surface area contributed by atoms with Gasteiger partial charge in [0, 0.05) is 29.7 Å². The van der Waals surface area contributed by atoms with E-state index in [2.05, 4.69) is 10.3 Å². The van der Waals surface area contributed by atoms with Crippen molar-refractivity contribution in [2.45, 2.75) is 26.3 Å². The summed E-state index contributed by atoms with van der Waals surface area (Å²) >= 11 is 5.69. The van der Waals surface area contributed by atoms with Crippen LogP contribution < -0.4 is 10.9 Å². The summed E-state index contributed by atoms with van der Waals surface area (Å²) in [6.45, 7) is 4.05. The predicted octanol–water partition coefficient (Wildman–Crippen LogP) is 1.76. The van der Waals surface area contributed by atoms with Crippen LogP contribution in [0, 0.1) is 5.92 Å². The molecule has 0 bridgehead atoms. The molecule has 1 aromatic rings. The van der Waals surface area contributed by atoms with E-state index in [1.165, 1.54) is 12.3 Å². The molecule has 0 radical (unpaired) electrons. The molecule has 0 saturated carbocycles. The highest BCUT2D eigenvalue weighted by atomic mass is 35.5. The standard InChI is InChI=1S/C12H17ClN2O2/c1-8(2)10(3-5-13)15-12(17)9-4-6-14-11(16)7-9/h4,6-8,10H,3,5H2,1-2H3,(H,14,16)(H,15,17). The lowest BCUT2D eigenvalue weighted by Crippen LogP contribution is -2.39. The molecule has 1 rings (SSSR count). The second-order valence-corrected chi connectivity index (χ2v) is 4.62. The van der Waals surface area contributed by atoms with E-state index in [-0.39, 0.29) is 17.5 Å². The minimum absolute atomic E-state index is 0.0271. The molecule has 0 aliphatic heterocycles. The minimum atomic E-state index is -0.281. The molecule has 17 heavy (non-hydrogen) atoms. The van der Waals surface area contributed by atoms with Gasteiger partial charge < -0.3 is 10.3 Å². The third-order valence-electron chi connectivity index (χ3n) is 2.58. The number of hydrogen-bond acceptors (Lipinski definition) is 2. The van der Waals surface area contributed by atoms with E-state index in [1.807, 2.05) is 13.8 Å². The summed E-state index contributed by atoms with van der Waals surface area (Å²) in [5, 5.41) is 2.88. The number of aromatic amines is 1. The number of rotatable bonds is 5. The molecule has 94 valence electrons. The van der Waals surface area contributed by atoms with Crippen molar-refractivity contribution in [2.24, 2.45) is 5.92 Å². The van der Waals surface area contributed by atoms with Crippen LogP contribution in [-0.2, 0) is 0 Å². The highest BCUT2D eigenvalue weighted by molar-refractivity contribution is 6.17. The lowest BCUT2D eigenvalue weighted by molar-refractivity contribution is 0.0924. The summed E-state index contributed by atoms with van der Waals surface area (Å²) in [5.41, 5.74) is 0.0880. The van der Waals surface area contributed by atoms with Crippen LogP contribution in [0.5, 0.6) is 0 Å². The fourth-order valence-corrected chi connectivity index (χ4v) is 1.76. The molecule has 0 saturated heterocycles. The molecule has 1 amide bonds. The Balaban J connectivity index is 2.73. The Morgan fingerprint density at radius 1 is 1.53 bits per heavy atom. The third-order valence-corrected chi connectivity index (χ3v) is 2.80. The number of halogens is 1. The molecule has 4 nitrogen and oxygen atoms in total. The quantitative estimate of drug-likeness (QED) is 0.789. The van der Waals surface area contributed by atoms with Crippen LogP contribution in [0.15, 0.2) is 23.1 Å². The molecule has 0 aliphatic rings. The van der Waals surface area contributed by atoms with Crippen molar-refractivity contribution >= 4 is 17.5 Å². The first-order valence-corrected chi connectivity index (χ1v) is 6.13. The van der Waals surface area contributed by atoms with Crippen LogP contribution in [0.25, 0.3) is 0 Å². The number of H-pyrrole nitrogens is 1. The molecule has 0 aliphatic carbocycles. The van der Waals surface area contributed by atoms with Crippen molar-refractivity contribution in [1.82, 2.24) is 10.3 Å². The highest BCUT2D eigenvalue weighted by Gasteiger charge is 2.16. The van der Waals surface area contributed by atoms with E-state index in [9.17, 15) is 9.59 Å². The molecule has 2 N–H and O–H groups in total. The van der Waals surface area contributed by atoms with Gasteiger partial charge >= 0.3 is 0 Å². The van der Waals surface area contributed by atoms with Crippen LogP contribution in [0.2, 0.25) is 0 Å². The van der Waals surface area contributed by atoms with Crippen molar-refractivity contribution < 1.29 is 4.79 Å². The van der Waals surface area contributed by atoms with Crippen LogP contribution >= 0.6 is 11.6 Å². The van der Waals surface area contributed by atoms with E-state index < -0.39 is 0 Å². The SMILES string of the molecule is CC(C)C(CCCl)NC(=O)c1cc[nH]c(=O)c1. The smallest absolute Gasteiger partial charge is 0.251 e. The van der Waals surface area contributed by atoms with Gasteiger partial charge in [0.1, 0.15) is 0 Å². The molecule has 0 aromatic carbocycles. The van der Waals surface area contributed by atoms with Crippen molar-refractivity contribution in [2.75, 3.05) is 5.88 Å². The van der Waals surface area contributed by atoms with Gasteiger partial charge in [0.15, 0.2) is 0 Å². The maximum absolute atomic E-state index is 11.9.